The maximum atomic E-state index is 3.52. The van der Waals surface area contributed by atoms with Crippen LogP contribution < -0.4 is 5.32 Å². The van der Waals surface area contributed by atoms with Crippen LogP contribution in [0.3, 0.4) is 0 Å². The van der Waals surface area contributed by atoms with Gasteiger partial charge in [0.15, 0.2) is 0 Å². The number of nitrogens with zero attached hydrogens (tertiary/aromatic N) is 1. The molecule has 2 heterocycles. The van der Waals surface area contributed by atoms with Crippen LogP contribution in [0, 0.1) is 25.7 Å². The summed E-state index contributed by atoms with van der Waals surface area (Å²) in [6.45, 7) is 11.8. The van der Waals surface area contributed by atoms with Crippen molar-refractivity contribution in [2.75, 3.05) is 26.2 Å². The molecule has 2 heteroatoms. The molecule has 1 aromatic rings. The van der Waals surface area contributed by atoms with E-state index in [4.69, 9.17) is 0 Å². The monoisotopic (exact) mass is 244 g/mol. The van der Waals surface area contributed by atoms with E-state index in [-0.39, 0.29) is 0 Å². The molecule has 18 heavy (non-hydrogen) atoms. The zero-order chi connectivity index (χ0) is 12.7. The molecule has 3 rings (SSSR count). The highest BCUT2D eigenvalue weighted by atomic mass is 15.2. The maximum Gasteiger partial charge on any atom is 0.0322 e. The normalized spacial score (nSPS) is 29.5. The minimum absolute atomic E-state index is 0.565. The van der Waals surface area contributed by atoms with Crippen molar-refractivity contribution in [1.29, 1.82) is 0 Å². The van der Waals surface area contributed by atoms with Gasteiger partial charge in [0.2, 0.25) is 0 Å². The lowest BCUT2D eigenvalue weighted by atomic mass is 9.99. The van der Waals surface area contributed by atoms with Crippen LogP contribution in [-0.2, 0) is 0 Å². The van der Waals surface area contributed by atoms with Gasteiger partial charge in [0.1, 0.15) is 0 Å². The Labute approximate surface area is 110 Å². The van der Waals surface area contributed by atoms with E-state index < -0.39 is 0 Å². The van der Waals surface area contributed by atoms with E-state index in [2.05, 4.69) is 49.2 Å². The molecule has 0 amide bonds. The molecule has 2 nitrogen and oxygen atoms in total. The number of rotatable bonds is 2. The predicted molar refractivity (Wildman–Crippen MR) is 75.8 cm³/mol. The summed E-state index contributed by atoms with van der Waals surface area (Å²) in [4.78, 5) is 2.68. The third kappa shape index (κ3) is 2.08. The highest BCUT2D eigenvalue weighted by molar-refractivity contribution is 5.32. The zero-order valence-electron chi connectivity index (χ0n) is 11.7. The second-order valence-electron chi connectivity index (χ2n) is 6.17. The number of nitrogens with one attached hydrogen (secondary N) is 1. The molecule has 3 atom stereocenters. The summed E-state index contributed by atoms with van der Waals surface area (Å²) in [5, 5.41) is 3.52. The Morgan fingerprint density at radius 1 is 1.17 bits per heavy atom. The lowest BCUT2D eigenvalue weighted by molar-refractivity contribution is 0.243. The topological polar surface area (TPSA) is 15.3 Å². The van der Waals surface area contributed by atoms with Gasteiger partial charge in [-0.3, -0.25) is 4.90 Å². The standard InChI is InChI=1S/C16H24N2/c1-11-4-5-12(2)16(6-11)13(3)18-9-14-7-17-8-15(14)10-18/h4-6,13-15,17H,7-10H2,1-3H3/t13?,14-,15+. The third-order valence-corrected chi connectivity index (χ3v) is 4.85. The van der Waals surface area contributed by atoms with Gasteiger partial charge >= 0.3 is 0 Å². The Morgan fingerprint density at radius 3 is 2.50 bits per heavy atom. The fourth-order valence-electron chi connectivity index (χ4n) is 3.61. The molecule has 98 valence electrons. The minimum atomic E-state index is 0.565. The second kappa shape index (κ2) is 4.67. The molecule has 1 aromatic carbocycles. The van der Waals surface area contributed by atoms with Crippen LogP contribution in [0.5, 0.6) is 0 Å². The van der Waals surface area contributed by atoms with E-state index in [1.165, 1.54) is 42.9 Å². The first kappa shape index (κ1) is 12.2. The number of likely N-dealkylation sites (tertiary alicyclic amines) is 1. The molecule has 1 N–H and O–H groups in total. The smallest absolute Gasteiger partial charge is 0.0322 e. The Hall–Kier alpha value is -0.860. The van der Waals surface area contributed by atoms with Crippen molar-refractivity contribution >= 4 is 0 Å². The first-order chi connectivity index (χ1) is 8.65. The van der Waals surface area contributed by atoms with Gasteiger partial charge in [0.05, 0.1) is 0 Å². The second-order valence-corrected chi connectivity index (χ2v) is 6.17. The summed E-state index contributed by atoms with van der Waals surface area (Å²) in [7, 11) is 0. The van der Waals surface area contributed by atoms with Crippen LogP contribution in [-0.4, -0.2) is 31.1 Å². The number of aryl methyl sites for hydroxylation is 2. The first-order valence-electron chi connectivity index (χ1n) is 7.17. The summed E-state index contributed by atoms with van der Waals surface area (Å²) < 4.78 is 0. The van der Waals surface area contributed by atoms with E-state index >= 15 is 0 Å². The van der Waals surface area contributed by atoms with Crippen LogP contribution >= 0.6 is 0 Å². The lowest BCUT2D eigenvalue weighted by Gasteiger charge is -2.27. The molecule has 2 aliphatic rings. The van der Waals surface area contributed by atoms with E-state index in [1.807, 2.05) is 0 Å². The van der Waals surface area contributed by atoms with E-state index in [1.54, 1.807) is 0 Å². The van der Waals surface area contributed by atoms with Crippen LogP contribution in [0.2, 0.25) is 0 Å². The van der Waals surface area contributed by atoms with Gasteiger partial charge in [0.25, 0.3) is 0 Å². The maximum absolute atomic E-state index is 3.52. The average molecular weight is 244 g/mol. The SMILES string of the molecule is Cc1ccc(C)c(C(C)N2C[C@H]3CNC[C@H]3C2)c1. The van der Waals surface area contributed by atoms with E-state index in [9.17, 15) is 0 Å². The number of hydrogen-bond donors (Lipinski definition) is 1. The molecule has 0 radical (unpaired) electrons. The fourth-order valence-corrected chi connectivity index (χ4v) is 3.61. The summed E-state index contributed by atoms with van der Waals surface area (Å²) in [5.41, 5.74) is 4.33. The summed E-state index contributed by atoms with van der Waals surface area (Å²) in [5.74, 6) is 1.77. The Bertz CT molecular complexity index is 429. The molecular formula is C16H24N2. The van der Waals surface area contributed by atoms with E-state index in [0.717, 1.165) is 11.8 Å². The number of benzene rings is 1. The lowest BCUT2D eigenvalue weighted by Crippen LogP contribution is -2.28. The number of hydrogen-bond acceptors (Lipinski definition) is 2. The van der Waals surface area contributed by atoms with Gasteiger partial charge in [-0.2, -0.15) is 0 Å². The van der Waals surface area contributed by atoms with Crippen molar-refractivity contribution < 1.29 is 0 Å². The fraction of sp³-hybridized carbons (Fsp3) is 0.625. The number of fused-ring (bicyclic) bond motifs is 1. The highest BCUT2D eigenvalue weighted by Gasteiger charge is 2.38. The summed E-state index contributed by atoms with van der Waals surface area (Å²) in [6, 6.07) is 7.41. The van der Waals surface area contributed by atoms with Crippen LogP contribution in [0.1, 0.15) is 29.7 Å². The molecule has 0 saturated carbocycles. The van der Waals surface area contributed by atoms with Gasteiger partial charge in [-0.15, -0.1) is 0 Å². The van der Waals surface area contributed by atoms with Gasteiger partial charge in [-0.05, 0) is 56.8 Å². The minimum Gasteiger partial charge on any atom is -0.316 e. The van der Waals surface area contributed by atoms with Crippen molar-refractivity contribution in [3.63, 3.8) is 0 Å². The molecule has 2 saturated heterocycles. The van der Waals surface area contributed by atoms with Gasteiger partial charge < -0.3 is 5.32 Å². The largest absolute Gasteiger partial charge is 0.316 e. The van der Waals surface area contributed by atoms with Gasteiger partial charge in [-0.1, -0.05) is 23.8 Å². The molecule has 0 spiro atoms. The van der Waals surface area contributed by atoms with Crippen LogP contribution in [0.25, 0.3) is 0 Å². The molecule has 2 fully saturated rings. The van der Waals surface area contributed by atoms with Gasteiger partial charge in [0, 0.05) is 19.1 Å². The Balaban J connectivity index is 1.78. The molecule has 0 aliphatic carbocycles. The molecule has 0 bridgehead atoms. The summed E-state index contributed by atoms with van der Waals surface area (Å²) >= 11 is 0. The van der Waals surface area contributed by atoms with Crippen LogP contribution in [0.15, 0.2) is 18.2 Å². The predicted octanol–water partition coefficient (Wildman–Crippen LogP) is 2.52. The molecule has 0 aromatic heterocycles. The van der Waals surface area contributed by atoms with Crippen molar-refractivity contribution in [1.82, 2.24) is 10.2 Å². The van der Waals surface area contributed by atoms with E-state index in [0.29, 0.717) is 6.04 Å². The quantitative estimate of drug-likeness (QED) is 0.860. The van der Waals surface area contributed by atoms with Crippen molar-refractivity contribution in [3.8, 4) is 0 Å². The first-order valence-corrected chi connectivity index (χ1v) is 7.17. The summed E-state index contributed by atoms with van der Waals surface area (Å²) in [6.07, 6.45) is 0. The van der Waals surface area contributed by atoms with Gasteiger partial charge in [-0.25, -0.2) is 0 Å². The third-order valence-electron chi connectivity index (χ3n) is 4.85. The molecular weight excluding hydrogens is 220 g/mol. The highest BCUT2D eigenvalue weighted by Crippen LogP contribution is 2.33. The van der Waals surface area contributed by atoms with Crippen molar-refractivity contribution in [2.24, 2.45) is 11.8 Å². The van der Waals surface area contributed by atoms with Crippen LogP contribution in [0.4, 0.5) is 0 Å². The molecule has 1 unspecified atom stereocenters. The van der Waals surface area contributed by atoms with Crippen molar-refractivity contribution in [2.45, 2.75) is 26.8 Å². The zero-order valence-corrected chi connectivity index (χ0v) is 11.7. The Morgan fingerprint density at radius 2 is 1.83 bits per heavy atom. The Kier molecular flexibility index (Phi) is 3.16. The molecule has 2 aliphatic heterocycles. The average Bonchev–Trinajstić information content (AvgIpc) is 2.91. The van der Waals surface area contributed by atoms with Crippen molar-refractivity contribution in [3.05, 3.63) is 34.9 Å².